The molecule has 1 aromatic carbocycles. The molecule has 3 nitrogen and oxygen atoms in total. The van der Waals surface area contributed by atoms with E-state index in [1.807, 2.05) is 11.0 Å². The van der Waals surface area contributed by atoms with Gasteiger partial charge in [-0.3, -0.25) is 9.69 Å². The van der Waals surface area contributed by atoms with Crippen molar-refractivity contribution in [3.8, 4) is 0 Å². The smallest absolute Gasteiger partial charge is 0.227 e. The molecule has 1 aromatic rings. The molecule has 1 heterocycles. The van der Waals surface area contributed by atoms with Crippen LogP contribution in [0.25, 0.3) is 0 Å². The number of carbonyl (C=O) groups excluding carboxylic acids is 1. The van der Waals surface area contributed by atoms with E-state index in [9.17, 15) is 4.79 Å². The minimum atomic E-state index is 0.142. The molecule has 1 amide bonds. The first-order valence-electron chi connectivity index (χ1n) is 7.39. The molecule has 1 fully saturated rings. The highest BCUT2D eigenvalue weighted by atomic mass is 35.5. The van der Waals surface area contributed by atoms with Crippen LogP contribution < -0.4 is 0 Å². The average molecular weight is 329 g/mol. The molecule has 1 aliphatic heterocycles. The van der Waals surface area contributed by atoms with Gasteiger partial charge in [0, 0.05) is 42.8 Å². The molecule has 1 aliphatic rings. The second-order valence-corrected chi connectivity index (χ2v) is 6.83. The molecule has 116 valence electrons. The number of rotatable bonds is 4. The lowest BCUT2D eigenvalue weighted by Crippen LogP contribution is -2.49. The number of hydrogen-bond acceptors (Lipinski definition) is 2. The molecule has 5 heteroatoms. The first kappa shape index (κ1) is 16.6. The van der Waals surface area contributed by atoms with Gasteiger partial charge >= 0.3 is 0 Å². The lowest BCUT2D eigenvalue weighted by Gasteiger charge is -2.35. The van der Waals surface area contributed by atoms with Crippen LogP contribution in [0.5, 0.6) is 0 Å². The van der Waals surface area contributed by atoms with E-state index in [-0.39, 0.29) is 5.91 Å². The van der Waals surface area contributed by atoms with Crippen molar-refractivity contribution in [2.24, 2.45) is 5.92 Å². The minimum absolute atomic E-state index is 0.142. The summed E-state index contributed by atoms with van der Waals surface area (Å²) in [4.78, 5) is 16.7. The molecule has 0 spiro atoms. The van der Waals surface area contributed by atoms with Crippen molar-refractivity contribution in [3.63, 3.8) is 0 Å². The van der Waals surface area contributed by atoms with Crippen molar-refractivity contribution in [2.45, 2.75) is 20.3 Å². The Bertz CT molecular complexity index is 497. The first-order chi connectivity index (χ1) is 9.95. The molecule has 0 N–H and O–H groups in total. The fourth-order valence-electron chi connectivity index (χ4n) is 2.64. The number of halogens is 2. The summed E-state index contributed by atoms with van der Waals surface area (Å²) >= 11 is 12.0. The van der Waals surface area contributed by atoms with Crippen LogP contribution in [-0.2, 0) is 11.2 Å². The molecule has 2 rings (SSSR count). The van der Waals surface area contributed by atoms with Crippen molar-refractivity contribution in [1.82, 2.24) is 9.80 Å². The van der Waals surface area contributed by atoms with E-state index in [0.29, 0.717) is 22.4 Å². The number of amides is 1. The Balaban J connectivity index is 1.87. The average Bonchev–Trinajstić information content (AvgIpc) is 2.42. The van der Waals surface area contributed by atoms with E-state index in [1.165, 1.54) is 0 Å². The number of nitrogens with zero attached hydrogens (tertiary/aromatic N) is 2. The largest absolute Gasteiger partial charge is 0.340 e. The van der Waals surface area contributed by atoms with E-state index in [2.05, 4.69) is 18.7 Å². The van der Waals surface area contributed by atoms with Crippen LogP contribution in [0.1, 0.15) is 19.4 Å². The third-order valence-electron chi connectivity index (χ3n) is 3.71. The lowest BCUT2D eigenvalue weighted by molar-refractivity contribution is -0.132. The molecule has 0 aliphatic carbocycles. The van der Waals surface area contributed by atoms with Gasteiger partial charge in [-0.15, -0.1) is 0 Å². The standard InChI is InChI=1S/C16H22Cl2N2O/c1-12(2)11-19-5-7-20(8-6-19)16(21)9-13-3-4-14(17)10-15(13)18/h3-4,10,12H,5-9,11H2,1-2H3. The second kappa shape index (κ2) is 7.48. The van der Waals surface area contributed by atoms with Gasteiger partial charge < -0.3 is 4.90 Å². The van der Waals surface area contributed by atoms with Crippen LogP contribution in [0.3, 0.4) is 0 Å². The van der Waals surface area contributed by atoms with Crippen molar-refractivity contribution in [3.05, 3.63) is 33.8 Å². The molecule has 0 saturated carbocycles. The molecule has 0 bridgehead atoms. The molecule has 0 aromatic heterocycles. The molecule has 0 radical (unpaired) electrons. The molecule has 1 saturated heterocycles. The highest BCUT2D eigenvalue weighted by Crippen LogP contribution is 2.22. The van der Waals surface area contributed by atoms with Gasteiger partial charge in [0.15, 0.2) is 0 Å². The minimum Gasteiger partial charge on any atom is -0.340 e. The van der Waals surface area contributed by atoms with Gasteiger partial charge in [-0.25, -0.2) is 0 Å². The predicted molar refractivity (Wildman–Crippen MR) is 88.0 cm³/mol. The molecule has 0 atom stereocenters. The summed E-state index contributed by atoms with van der Waals surface area (Å²) in [7, 11) is 0. The first-order valence-corrected chi connectivity index (χ1v) is 8.15. The Morgan fingerprint density at radius 1 is 1.19 bits per heavy atom. The summed E-state index contributed by atoms with van der Waals surface area (Å²) in [5.74, 6) is 0.809. The Morgan fingerprint density at radius 3 is 2.43 bits per heavy atom. The molecular weight excluding hydrogens is 307 g/mol. The maximum absolute atomic E-state index is 12.3. The zero-order valence-electron chi connectivity index (χ0n) is 12.6. The van der Waals surface area contributed by atoms with Crippen LogP contribution in [0.4, 0.5) is 0 Å². The zero-order chi connectivity index (χ0) is 15.4. The zero-order valence-corrected chi connectivity index (χ0v) is 14.1. The fourth-order valence-corrected chi connectivity index (χ4v) is 3.11. The van der Waals surface area contributed by atoms with Crippen LogP contribution in [0, 0.1) is 5.92 Å². The maximum atomic E-state index is 12.3. The summed E-state index contributed by atoms with van der Waals surface area (Å²) in [5.41, 5.74) is 0.843. The number of hydrogen-bond donors (Lipinski definition) is 0. The van der Waals surface area contributed by atoms with E-state index in [0.717, 1.165) is 38.3 Å². The van der Waals surface area contributed by atoms with Crippen molar-refractivity contribution < 1.29 is 4.79 Å². The van der Waals surface area contributed by atoms with Gasteiger partial charge in [0.2, 0.25) is 5.91 Å². The topological polar surface area (TPSA) is 23.6 Å². The van der Waals surface area contributed by atoms with Gasteiger partial charge in [0.25, 0.3) is 0 Å². The van der Waals surface area contributed by atoms with Crippen LogP contribution in [-0.4, -0.2) is 48.4 Å². The Kier molecular flexibility index (Phi) is 5.91. The van der Waals surface area contributed by atoms with Crippen molar-refractivity contribution >= 4 is 29.1 Å². The van der Waals surface area contributed by atoms with E-state index in [4.69, 9.17) is 23.2 Å². The Labute approximate surface area is 136 Å². The summed E-state index contributed by atoms with van der Waals surface area (Å²) < 4.78 is 0. The quantitative estimate of drug-likeness (QED) is 0.846. The summed E-state index contributed by atoms with van der Waals surface area (Å²) in [6.07, 6.45) is 0.347. The summed E-state index contributed by atoms with van der Waals surface area (Å²) in [6.45, 7) is 9.06. The predicted octanol–water partition coefficient (Wildman–Crippen LogP) is 3.34. The second-order valence-electron chi connectivity index (χ2n) is 5.99. The highest BCUT2D eigenvalue weighted by Gasteiger charge is 2.21. The normalized spacial score (nSPS) is 16.5. The third kappa shape index (κ3) is 4.87. The van der Waals surface area contributed by atoms with Crippen LogP contribution in [0.2, 0.25) is 10.0 Å². The SMILES string of the molecule is CC(C)CN1CCN(C(=O)Cc2ccc(Cl)cc2Cl)CC1. The highest BCUT2D eigenvalue weighted by molar-refractivity contribution is 6.35. The molecule has 21 heavy (non-hydrogen) atoms. The third-order valence-corrected chi connectivity index (χ3v) is 4.29. The van der Waals surface area contributed by atoms with Crippen LogP contribution >= 0.6 is 23.2 Å². The van der Waals surface area contributed by atoms with Crippen molar-refractivity contribution in [2.75, 3.05) is 32.7 Å². The van der Waals surface area contributed by atoms with Gasteiger partial charge in [-0.2, -0.15) is 0 Å². The van der Waals surface area contributed by atoms with Gasteiger partial charge in [0.05, 0.1) is 6.42 Å². The Hall–Kier alpha value is -0.770. The summed E-state index contributed by atoms with van der Waals surface area (Å²) in [6, 6.07) is 5.29. The number of benzene rings is 1. The maximum Gasteiger partial charge on any atom is 0.227 e. The lowest BCUT2D eigenvalue weighted by atomic mass is 10.1. The molecule has 0 unspecified atom stereocenters. The van der Waals surface area contributed by atoms with E-state index >= 15 is 0 Å². The Morgan fingerprint density at radius 2 is 1.86 bits per heavy atom. The molecular formula is C16H22Cl2N2O. The van der Waals surface area contributed by atoms with E-state index < -0.39 is 0 Å². The van der Waals surface area contributed by atoms with Crippen LogP contribution in [0.15, 0.2) is 18.2 Å². The van der Waals surface area contributed by atoms with E-state index in [1.54, 1.807) is 12.1 Å². The van der Waals surface area contributed by atoms with Gasteiger partial charge in [0.1, 0.15) is 0 Å². The number of carbonyl (C=O) groups is 1. The number of piperazine rings is 1. The fraction of sp³-hybridized carbons (Fsp3) is 0.562. The summed E-state index contributed by atoms with van der Waals surface area (Å²) in [5, 5.41) is 1.16. The van der Waals surface area contributed by atoms with Gasteiger partial charge in [-0.05, 0) is 23.6 Å². The van der Waals surface area contributed by atoms with Gasteiger partial charge in [-0.1, -0.05) is 43.1 Å². The monoisotopic (exact) mass is 328 g/mol. The van der Waals surface area contributed by atoms with Crippen molar-refractivity contribution in [1.29, 1.82) is 0 Å².